The normalized spacial score (nSPS) is 17.5. The van der Waals surface area contributed by atoms with Crippen molar-refractivity contribution in [2.24, 2.45) is 5.92 Å². The summed E-state index contributed by atoms with van der Waals surface area (Å²) in [6, 6.07) is 27.7. The second-order valence-corrected chi connectivity index (χ2v) is 28.4. The molecule has 0 aliphatic carbocycles. The minimum absolute atomic E-state index is 0.0428. The number of hydrogen-bond donors (Lipinski definition) is 2. The monoisotopic (exact) mass is 1210 g/mol. The first kappa shape index (κ1) is 62.5. The van der Waals surface area contributed by atoms with Crippen LogP contribution in [0, 0.1) is 12.8 Å². The number of fused-ring (bicyclic) bond motifs is 8. The van der Waals surface area contributed by atoms with Gasteiger partial charge in [0.15, 0.2) is 23.1 Å². The number of carbonyl (C=O) groups excluding carboxylic acids is 6. The van der Waals surface area contributed by atoms with Crippen molar-refractivity contribution in [1.29, 1.82) is 0 Å². The predicted octanol–water partition coefficient (Wildman–Crippen LogP) is 10.6. The van der Waals surface area contributed by atoms with E-state index in [2.05, 4.69) is 27.1 Å². The third-order valence-electron chi connectivity index (χ3n) is 16.2. The van der Waals surface area contributed by atoms with Gasteiger partial charge >= 0.3 is 0 Å². The molecular weight excluding hydrogens is 1140 g/mol. The Kier molecular flexibility index (Phi) is 19.4. The highest BCUT2D eigenvalue weighted by molar-refractivity contribution is 8.77. The van der Waals surface area contributed by atoms with Crippen molar-refractivity contribution in [1.82, 2.24) is 5.32 Å². The van der Waals surface area contributed by atoms with Crippen molar-refractivity contribution in [3.63, 3.8) is 0 Å². The number of anilines is 3. The zero-order chi connectivity index (χ0) is 61.1. The molecule has 0 bridgehead atoms. The first-order chi connectivity index (χ1) is 40.5. The van der Waals surface area contributed by atoms with E-state index < -0.39 is 43.8 Å². The summed E-state index contributed by atoms with van der Waals surface area (Å²) >= 11 is 0. The topological polar surface area (TPSA) is 207 Å². The van der Waals surface area contributed by atoms with Crippen molar-refractivity contribution in [2.45, 2.75) is 153 Å². The van der Waals surface area contributed by atoms with Crippen LogP contribution in [0.25, 0.3) is 0 Å². The van der Waals surface area contributed by atoms with Gasteiger partial charge in [-0.25, -0.2) is 0 Å². The number of benzene rings is 5. The molecule has 17 nitrogen and oxygen atoms in total. The molecule has 4 aliphatic rings. The molecule has 0 saturated carbocycles. The van der Waals surface area contributed by atoms with Gasteiger partial charge < -0.3 is 39.2 Å². The van der Waals surface area contributed by atoms with E-state index in [4.69, 9.17) is 14.2 Å². The van der Waals surface area contributed by atoms with Crippen LogP contribution in [0.1, 0.15) is 134 Å². The Hall–Kier alpha value is -7.00. The molecule has 85 heavy (non-hydrogen) atoms. The summed E-state index contributed by atoms with van der Waals surface area (Å²) in [5.41, 5.74) is 9.24. The zero-order valence-electron chi connectivity index (χ0n) is 49.9. The van der Waals surface area contributed by atoms with Crippen LogP contribution in [-0.2, 0) is 66.0 Å². The second-order valence-electron chi connectivity index (χ2n) is 23.1. The molecule has 5 aromatic carbocycles. The summed E-state index contributed by atoms with van der Waals surface area (Å²) in [7, 11) is 3.37. The van der Waals surface area contributed by atoms with Crippen molar-refractivity contribution in [3.8, 4) is 17.2 Å². The van der Waals surface area contributed by atoms with E-state index in [0.29, 0.717) is 70.1 Å². The summed E-state index contributed by atoms with van der Waals surface area (Å²) < 4.78 is 50.0. The molecule has 2 N–H and O–H groups in total. The van der Waals surface area contributed by atoms with Gasteiger partial charge in [0, 0.05) is 81.7 Å². The van der Waals surface area contributed by atoms with Gasteiger partial charge in [0.25, 0.3) is 16.0 Å². The van der Waals surface area contributed by atoms with E-state index in [-0.39, 0.29) is 79.7 Å². The lowest BCUT2D eigenvalue weighted by Crippen LogP contribution is -2.40. The Labute approximate surface area is 506 Å². The number of para-hydroxylation sites is 2. The van der Waals surface area contributed by atoms with Crippen molar-refractivity contribution in [3.05, 3.63) is 136 Å². The van der Waals surface area contributed by atoms with Gasteiger partial charge in [0.2, 0.25) is 17.7 Å². The molecule has 0 spiro atoms. The van der Waals surface area contributed by atoms with Crippen LogP contribution in [0.5, 0.6) is 17.2 Å². The first-order valence-electron chi connectivity index (χ1n) is 28.8. The van der Waals surface area contributed by atoms with Crippen LogP contribution in [-0.4, -0.2) is 109 Å². The maximum Gasteiger partial charge on any atom is 0.277 e. The van der Waals surface area contributed by atoms with Gasteiger partial charge in [0.05, 0.1) is 25.9 Å². The molecule has 450 valence electrons. The average molecular weight is 1210 g/mol. The molecule has 0 aromatic heterocycles. The third-order valence-corrected chi connectivity index (χ3v) is 21.7. The number of amides is 4. The Morgan fingerprint density at radius 3 is 2.12 bits per heavy atom. The molecule has 5 aromatic rings. The van der Waals surface area contributed by atoms with Crippen molar-refractivity contribution in [2.75, 3.05) is 36.4 Å². The number of aryl methyl sites for hydroxylation is 2. The van der Waals surface area contributed by atoms with E-state index >= 15 is 0 Å². The first-order valence-corrected chi connectivity index (χ1v) is 32.5. The number of methoxy groups -OCH3 is 1. The lowest BCUT2D eigenvalue weighted by atomic mass is 9.99. The molecule has 0 radical (unpaired) electrons. The summed E-state index contributed by atoms with van der Waals surface area (Å²) in [6.07, 6.45) is 6.97. The molecule has 4 heterocycles. The van der Waals surface area contributed by atoms with Gasteiger partial charge in [-0.1, -0.05) is 84.8 Å². The van der Waals surface area contributed by atoms with Gasteiger partial charge in [0.1, 0.15) is 31.3 Å². The van der Waals surface area contributed by atoms with Crippen LogP contribution in [0.3, 0.4) is 0 Å². The molecule has 4 aliphatic heterocycles. The van der Waals surface area contributed by atoms with E-state index in [0.717, 1.165) is 53.6 Å². The van der Waals surface area contributed by atoms with Gasteiger partial charge in [-0.3, -0.25) is 33.0 Å². The van der Waals surface area contributed by atoms with E-state index in [9.17, 15) is 37.2 Å². The molecule has 6 atom stereocenters. The van der Waals surface area contributed by atoms with Crippen LogP contribution < -0.4 is 34.6 Å². The van der Waals surface area contributed by atoms with E-state index in [1.807, 2.05) is 116 Å². The predicted molar refractivity (Wildman–Crippen MR) is 333 cm³/mol. The van der Waals surface area contributed by atoms with Crippen LogP contribution in [0.2, 0.25) is 0 Å². The number of hydrogen-bond acceptors (Lipinski definition) is 14. The number of nitrogens with zero attached hydrogens (tertiary/aromatic N) is 3. The maximum atomic E-state index is 14.2. The minimum Gasteiger partial charge on any atom is -0.493 e. The Balaban J connectivity index is 0.873. The van der Waals surface area contributed by atoms with Crippen LogP contribution >= 0.6 is 21.6 Å². The van der Waals surface area contributed by atoms with E-state index in [1.54, 1.807) is 39.0 Å². The molecule has 2 unspecified atom stereocenters. The van der Waals surface area contributed by atoms with Crippen LogP contribution in [0.15, 0.2) is 91.0 Å². The fraction of sp³-hybridized carbons (Fsp3) is 0.431. The number of carbonyl (C=O) groups is 6. The average Bonchev–Trinajstić information content (AvgIpc) is 1.84. The zero-order valence-corrected chi connectivity index (χ0v) is 52.3. The van der Waals surface area contributed by atoms with Crippen LogP contribution in [0.4, 0.5) is 22.7 Å². The lowest BCUT2D eigenvalue weighted by molar-refractivity contribution is -0.401. The lowest BCUT2D eigenvalue weighted by Gasteiger charge is -2.26. The molecule has 0 fully saturated rings. The Bertz CT molecular complexity index is 3590. The SMILES string of the molecule is CCC(=O)C(CC(C)SSC(C)(C)CCC(=O)N[C@@H](C)C(=O)C[C@@H](C)C(=O)Nc1cc(COc2cc3c(cc2C)C(=O)N2c4ccccc4C[C@H]2[C-]=[N+]3C)cc(COc2cc3c(cc2OC)C(=O)N2c4ccccc4C[C@H]2CC3)c1)S(=O)(=O)OC. The van der Waals surface area contributed by atoms with Crippen molar-refractivity contribution < 1.29 is 60.2 Å². The highest BCUT2D eigenvalue weighted by atomic mass is 33.1. The van der Waals surface area contributed by atoms with E-state index in [1.165, 1.54) is 28.7 Å². The van der Waals surface area contributed by atoms with Crippen molar-refractivity contribution >= 4 is 95.9 Å². The number of rotatable bonds is 25. The fourth-order valence-corrected chi connectivity index (χ4v) is 15.5. The molecular formula is C65H75N5O12S3. The maximum absolute atomic E-state index is 14.2. The smallest absolute Gasteiger partial charge is 0.277 e. The molecule has 20 heteroatoms. The third kappa shape index (κ3) is 14.1. The molecule has 9 rings (SSSR count). The number of nitrogens with one attached hydrogen (secondary N) is 2. The summed E-state index contributed by atoms with van der Waals surface area (Å²) in [6.45, 7) is 12.7. The summed E-state index contributed by atoms with van der Waals surface area (Å²) in [4.78, 5) is 85.5. The van der Waals surface area contributed by atoms with Gasteiger partial charge in [-0.15, -0.1) is 0 Å². The summed E-state index contributed by atoms with van der Waals surface area (Å²) in [5, 5.41) is 4.35. The largest absolute Gasteiger partial charge is 0.493 e. The second kappa shape index (κ2) is 26.3. The number of ketones is 2. The fourth-order valence-electron chi connectivity index (χ4n) is 11.5. The summed E-state index contributed by atoms with van der Waals surface area (Å²) in [5.74, 6) is -1.04. The highest BCUT2D eigenvalue weighted by Crippen LogP contribution is 2.44. The molecule has 0 saturated heterocycles. The molecule has 4 amide bonds. The van der Waals surface area contributed by atoms with Gasteiger partial charge in [-0.2, -0.15) is 8.42 Å². The Morgan fingerprint density at radius 1 is 0.800 bits per heavy atom. The number of ether oxygens (including phenoxy) is 3. The Morgan fingerprint density at radius 2 is 1.45 bits per heavy atom. The standard InChI is InChI=1S/C65H75N5O12S3/c1-11-55(71)60(85(77,78)80-10)26-40(4)83-84-65(6,7)23-22-61(73)66-41(5)56(72)25-39(3)62(74)67-47-28-42(36-81-57-34-54-51(24-38(57)2)64(76)70-49(35-68(54)8)31-46-17-13-15-19-53(46)70)27-43(29-47)37-82-59-32-44-20-21-48-30-45-16-12-14-18-52(45)69(48)63(75)50(44)33-58(59)79-9/h12-19,24,27-29,32-34,39-41,48-49,60H,11,20-23,25-26,30-31,36-37H2,1-10H3,(H,66,73)(H,67,74)/t39-,40?,41+,48-,49+,60?/m1/s1. The minimum atomic E-state index is -4.04. The quantitative estimate of drug-likeness (QED) is 0.0241. The van der Waals surface area contributed by atoms with Gasteiger partial charge in [-0.05, 0) is 148 Å². The highest BCUT2D eigenvalue weighted by Gasteiger charge is 2.39. The number of Topliss-reactive ketones (excluding diaryl/α,β-unsaturated/α-hetero) is 2.